The van der Waals surface area contributed by atoms with E-state index in [9.17, 15) is 0 Å². The van der Waals surface area contributed by atoms with Gasteiger partial charge in [0.2, 0.25) is 0 Å². The van der Waals surface area contributed by atoms with E-state index in [1.165, 1.54) is 5.56 Å². The summed E-state index contributed by atoms with van der Waals surface area (Å²) in [6.45, 7) is 2.06. The number of aromatic nitrogens is 1. The second-order valence-electron chi connectivity index (χ2n) is 3.78. The predicted octanol–water partition coefficient (Wildman–Crippen LogP) is 3.92. The molecule has 1 aromatic heterocycles. The van der Waals surface area contributed by atoms with E-state index in [4.69, 9.17) is 17.3 Å². The Hall–Kier alpha value is -1.19. The molecule has 0 amide bonds. The lowest BCUT2D eigenvalue weighted by Crippen LogP contribution is -1.91. The normalized spacial score (nSPS) is 10.5. The van der Waals surface area contributed by atoms with Crippen LogP contribution >= 0.6 is 23.4 Å². The van der Waals surface area contributed by atoms with Crippen molar-refractivity contribution in [2.24, 2.45) is 0 Å². The molecule has 2 nitrogen and oxygen atoms in total. The Bertz CT molecular complexity index is 529. The van der Waals surface area contributed by atoms with E-state index >= 15 is 0 Å². The summed E-state index contributed by atoms with van der Waals surface area (Å²) in [5, 5.41) is 0.528. The smallest absolute Gasteiger partial charge is 0.129 e. The van der Waals surface area contributed by atoms with Gasteiger partial charge in [0, 0.05) is 16.3 Å². The van der Waals surface area contributed by atoms with Gasteiger partial charge in [0.15, 0.2) is 0 Å². The SMILES string of the molecule is Cc1ccc(N)c(SCc2cccc(Cl)n2)c1. The van der Waals surface area contributed by atoms with Crippen LogP contribution in [-0.2, 0) is 5.75 Å². The monoisotopic (exact) mass is 264 g/mol. The second-order valence-corrected chi connectivity index (χ2v) is 5.19. The highest BCUT2D eigenvalue weighted by Gasteiger charge is 2.02. The summed E-state index contributed by atoms with van der Waals surface area (Å²) in [6.07, 6.45) is 0. The first-order valence-corrected chi connectivity index (χ1v) is 6.62. The van der Waals surface area contributed by atoms with Crippen molar-refractivity contribution in [3.63, 3.8) is 0 Å². The van der Waals surface area contributed by atoms with Gasteiger partial charge in [-0.3, -0.25) is 0 Å². The molecule has 1 heterocycles. The zero-order valence-electron chi connectivity index (χ0n) is 9.48. The summed E-state index contributed by atoms with van der Waals surface area (Å²) in [7, 11) is 0. The van der Waals surface area contributed by atoms with Gasteiger partial charge in [0.05, 0.1) is 5.69 Å². The lowest BCUT2D eigenvalue weighted by molar-refractivity contribution is 1.17. The van der Waals surface area contributed by atoms with Crippen LogP contribution in [0.15, 0.2) is 41.3 Å². The summed E-state index contributed by atoms with van der Waals surface area (Å²) in [4.78, 5) is 5.33. The highest BCUT2D eigenvalue weighted by atomic mass is 35.5. The Morgan fingerprint density at radius 1 is 1.29 bits per heavy atom. The molecule has 0 aliphatic heterocycles. The average molecular weight is 265 g/mol. The Balaban J connectivity index is 2.09. The third kappa shape index (κ3) is 3.38. The number of nitrogens with two attached hydrogens (primary N) is 1. The van der Waals surface area contributed by atoms with Gasteiger partial charge in [0.25, 0.3) is 0 Å². The third-order valence-corrected chi connectivity index (χ3v) is 3.63. The van der Waals surface area contributed by atoms with E-state index in [1.807, 2.05) is 24.3 Å². The number of hydrogen-bond acceptors (Lipinski definition) is 3. The number of rotatable bonds is 3. The van der Waals surface area contributed by atoms with Gasteiger partial charge in [-0.2, -0.15) is 0 Å². The number of pyridine rings is 1. The van der Waals surface area contributed by atoms with Crippen molar-refractivity contribution < 1.29 is 0 Å². The van der Waals surface area contributed by atoms with Gasteiger partial charge >= 0.3 is 0 Å². The van der Waals surface area contributed by atoms with E-state index in [-0.39, 0.29) is 0 Å². The number of benzene rings is 1. The molecule has 0 radical (unpaired) electrons. The largest absolute Gasteiger partial charge is 0.398 e. The molecule has 0 atom stereocenters. The predicted molar refractivity (Wildman–Crippen MR) is 74.4 cm³/mol. The van der Waals surface area contributed by atoms with E-state index < -0.39 is 0 Å². The summed E-state index contributed by atoms with van der Waals surface area (Å²) in [5.41, 5.74) is 8.89. The topological polar surface area (TPSA) is 38.9 Å². The number of hydrogen-bond donors (Lipinski definition) is 1. The summed E-state index contributed by atoms with van der Waals surface area (Å²) < 4.78 is 0. The first-order chi connectivity index (χ1) is 8.15. The quantitative estimate of drug-likeness (QED) is 0.519. The highest BCUT2D eigenvalue weighted by Crippen LogP contribution is 2.28. The van der Waals surface area contributed by atoms with Crippen LogP contribution in [0.4, 0.5) is 5.69 Å². The van der Waals surface area contributed by atoms with E-state index in [1.54, 1.807) is 17.8 Å². The van der Waals surface area contributed by atoms with Crippen LogP contribution in [0.1, 0.15) is 11.3 Å². The summed E-state index contributed by atoms with van der Waals surface area (Å²) in [5.74, 6) is 0.772. The minimum Gasteiger partial charge on any atom is -0.398 e. The number of nitrogen functional groups attached to an aromatic ring is 1. The fourth-order valence-corrected chi connectivity index (χ4v) is 2.60. The van der Waals surface area contributed by atoms with Crippen LogP contribution in [-0.4, -0.2) is 4.98 Å². The van der Waals surface area contributed by atoms with Crippen molar-refractivity contribution in [3.8, 4) is 0 Å². The zero-order chi connectivity index (χ0) is 12.3. The summed E-state index contributed by atoms with van der Waals surface area (Å²) >= 11 is 7.51. The van der Waals surface area contributed by atoms with Crippen LogP contribution < -0.4 is 5.73 Å². The first kappa shape index (κ1) is 12.3. The Kier molecular flexibility index (Phi) is 3.92. The van der Waals surface area contributed by atoms with Crippen molar-refractivity contribution in [2.45, 2.75) is 17.6 Å². The average Bonchev–Trinajstić information content (AvgIpc) is 2.30. The molecule has 1 aromatic carbocycles. The van der Waals surface area contributed by atoms with Crippen LogP contribution in [0.5, 0.6) is 0 Å². The second kappa shape index (κ2) is 5.43. The fraction of sp³-hybridized carbons (Fsp3) is 0.154. The molecule has 4 heteroatoms. The molecule has 0 aliphatic carbocycles. The van der Waals surface area contributed by atoms with Gasteiger partial charge in [0.1, 0.15) is 5.15 Å². The van der Waals surface area contributed by atoms with Gasteiger partial charge in [-0.1, -0.05) is 23.7 Å². The molecule has 0 saturated carbocycles. The van der Waals surface area contributed by atoms with E-state index in [0.29, 0.717) is 5.15 Å². The van der Waals surface area contributed by atoms with Crippen molar-refractivity contribution in [3.05, 3.63) is 52.8 Å². The maximum atomic E-state index is 5.92. The molecule has 2 aromatic rings. The van der Waals surface area contributed by atoms with Crippen LogP contribution in [0.3, 0.4) is 0 Å². The standard InChI is InChI=1S/C13H13ClN2S/c1-9-5-6-11(15)12(7-9)17-8-10-3-2-4-13(14)16-10/h2-7H,8,15H2,1H3. The molecule has 88 valence electrons. The molecule has 2 N–H and O–H groups in total. The molecule has 2 rings (SSSR count). The van der Waals surface area contributed by atoms with Crippen molar-refractivity contribution in [1.82, 2.24) is 4.98 Å². The summed E-state index contributed by atoms with van der Waals surface area (Å²) in [6, 6.07) is 11.7. The maximum absolute atomic E-state index is 5.92. The third-order valence-electron chi connectivity index (χ3n) is 2.32. The first-order valence-electron chi connectivity index (χ1n) is 5.25. The van der Waals surface area contributed by atoms with Crippen molar-refractivity contribution in [2.75, 3.05) is 5.73 Å². The lowest BCUT2D eigenvalue weighted by Gasteiger charge is -2.06. The number of nitrogens with zero attached hydrogens (tertiary/aromatic N) is 1. The van der Waals surface area contributed by atoms with E-state index in [2.05, 4.69) is 18.0 Å². The Labute approximate surface area is 110 Å². The van der Waals surface area contributed by atoms with Crippen LogP contribution in [0, 0.1) is 6.92 Å². The van der Waals surface area contributed by atoms with Crippen molar-refractivity contribution >= 4 is 29.1 Å². The van der Waals surface area contributed by atoms with Crippen LogP contribution in [0.2, 0.25) is 5.15 Å². The lowest BCUT2D eigenvalue weighted by atomic mass is 10.2. The Morgan fingerprint density at radius 2 is 2.12 bits per heavy atom. The molecule has 0 spiro atoms. The van der Waals surface area contributed by atoms with E-state index in [0.717, 1.165) is 22.0 Å². The number of halogens is 1. The number of thioether (sulfide) groups is 1. The van der Waals surface area contributed by atoms with Gasteiger partial charge in [-0.05, 0) is 36.8 Å². The minimum atomic E-state index is 0.528. The van der Waals surface area contributed by atoms with Gasteiger partial charge < -0.3 is 5.73 Å². The minimum absolute atomic E-state index is 0.528. The molecular formula is C13H13ClN2S. The van der Waals surface area contributed by atoms with Crippen LogP contribution in [0.25, 0.3) is 0 Å². The Morgan fingerprint density at radius 3 is 2.88 bits per heavy atom. The number of aryl methyl sites for hydroxylation is 1. The van der Waals surface area contributed by atoms with Crippen molar-refractivity contribution in [1.29, 1.82) is 0 Å². The molecule has 0 fully saturated rings. The molecule has 0 unspecified atom stereocenters. The van der Waals surface area contributed by atoms with Gasteiger partial charge in [-0.15, -0.1) is 11.8 Å². The highest BCUT2D eigenvalue weighted by molar-refractivity contribution is 7.98. The molecule has 0 saturated heterocycles. The van der Waals surface area contributed by atoms with Gasteiger partial charge in [-0.25, -0.2) is 4.98 Å². The number of anilines is 1. The molecular weight excluding hydrogens is 252 g/mol. The maximum Gasteiger partial charge on any atom is 0.129 e. The molecule has 0 bridgehead atoms. The molecule has 0 aliphatic rings. The zero-order valence-corrected chi connectivity index (χ0v) is 11.1. The fourth-order valence-electron chi connectivity index (χ4n) is 1.45. The molecule has 17 heavy (non-hydrogen) atoms.